The molecule has 12 heavy (non-hydrogen) atoms. The quantitative estimate of drug-likeness (QED) is 0.468. The van der Waals surface area contributed by atoms with Crippen molar-refractivity contribution in [3.05, 3.63) is 10.1 Å². The van der Waals surface area contributed by atoms with E-state index in [1.54, 1.807) is 0 Å². The summed E-state index contributed by atoms with van der Waals surface area (Å²) >= 11 is 0. The third kappa shape index (κ3) is 2.15. The zero-order valence-corrected chi connectivity index (χ0v) is 7.12. The Balaban J connectivity index is 2.39. The standard InChI is InChI=1S/C7H13NO4/c1-2-7(3-4-8(9)10)11-5-6-12-7/h2-6H2,1H3. The Bertz CT molecular complexity index is 165. The van der Waals surface area contributed by atoms with Gasteiger partial charge < -0.3 is 9.47 Å². The Hall–Kier alpha value is -0.680. The van der Waals surface area contributed by atoms with Gasteiger partial charge in [-0.2, -0.15) is 0 Å². The van der Waals surface area contributed by atoms with E-state index in [2.05, 4.69) is 0 Å². The molecule has 0 unspecified atom stereocenters. The second kappa shape index (κ2) is 3.82. The molecule has 1 rings (SSSR count). The van der Waals surface area contributed by atoms with Crippen molar-refractivity contribution >= 4 is 0 Å². The molecule has 0 aromatic rings. The maximum Gasteiger partial charge on any atom is 0.209 e. The van der Waals surface area contributed by atoms with Crippen LogP contribution in [0.15, 0.2) is 0 Å². The summed E-state index contributed by atoms with van der Waals surface area (Å²) in [7, 11) is 0. The van der Waals surface area contributed by atoms with Crippen LogP contribution in [0.4, 0.5) is 0 Å². The lowest BCUT2D eigenvalue weighted by atomic mass is 10.1. The second-order valence-electron chi connectivity index (χ2n) is 2.77. The molecular weight excluding hydrogens is 162 g/mol. The molecule has 0 saturated carbocycles. The molecule has 0 N–H and O–H groups in total. The van der Waals surface area contributed by atoms with Crippen molar-refractivity contribution in [3.63, 3.8) is 0 Å². The molecule has 0 atom stereocenters. The van der Waals surface area contributed by atoms with Crippen molar-refractivity contribution in [2.75, 3.05) is 19.8 Å². The smallest absolute Gasteiger partial charge is 0.209 e. The zero-order valence-electron chi connectivity index (χ0n) is 7.12. The number of hydrogen-bond donors (Lipinski definition) is 0. The summed E-state index contributed by atoms with van der Waals surface area (Å²) in [6.07, 6.45) is 1.01. The highest BCUT2D eigenvalue weighted by atomic mass is 16.7. The van der Waals surface area contributed by atoms with Crippen molar-refractivity contribution in [2.24, 2.45) is 0 Å². The van der Waals surface area contributed by atoms with Crippen LogP contribution in [0.25, 0.3) is 0 Å². The first-order valence-corrected chi connectivity index (χ1v) is 4.08. The Morgan fingerprint density at radius 3 is 2.50 bits per heavy atom. The Morgan fingerprint density at radius 2 is 2.08 bits per heavy atom. The molecule has 0 aromatic carbocycles. The van der Waals surface area contributed by atoms with Crippen molar-refractivity contribution in [3.8, 4) is 0 Å². The van der Waals surface area contributed by atoms with Gasteiger partial charge in [0.05, 0.1) is 19.6 Å². The Labute approximate surface area is 70.8 Å². The van der Waals surface area contributed by atoms with Crippen molar-refractivity contribution in [1.29, 1.82) is 0 Å². The highest BCUT2D eigenvalue weighted by Crippen LogP contribution is 2.26. The summed E-state index contributed by atoms with van der Waals surface area (Å²) in [5.41, 5.74) is 0. The van der Waals surface area contributed by atoms with E-state index in [1.807, 2.05) is 6.92 Å². The molecule has 0 amide bonds. The predicted molar refractivity (Wildman–Crippen MR) is 41.4 cm³/mol. The van der Waals surface area contributed by atoms with Crippen LogP contribution in [0.1, 0.15) is 19.8 Å². The Kier molecular flexibility index (Phi) is 2.99. The van der Waals surface area contributed by atoms with Crippen LogP contribution in [-0.2, 0) is 9.47 Å². The lowest BCUT2D eigenvalue weighted by molar-refractivity contribution is -0.486. The summed E-state index contributed by atoms with van der Waals surface area (Å²) < 4.78 is 10.6. The normalized spacial score (nSPS) is 21.1. The van der Waals surface area contributed by atoms with E-state index in [0.717, 1.165) is 0 Å². The molecule has 5 heteroatoms. The van der Waals surface area contributed by atoms with E-state index in [0.29, 0.717) is 26.1 Å². The van der Waals surface area contributed by atoms with Gasteiger partial charge in [-0.25, -0.2) is 0 Å². The minimum Gasteiger partial charge on any atom is -0.347 e. The van der Waals surface area contributed by atoms with Gasteiger partial charge in [0.15, 0.2) is 5.79 Å². The second-order valence-corrected chi connectivity index (χ2v) is 2.77. The molecule has 1 fully saturated rings. The van der Waals surface area contributed by atoms with Crippen LogP contribution in [0.5, 0.6) is 0 Å². The fourth-order valence-corrected chi connectivity index (χ4v) is 1.28. The summed E-state index contributed by atoms with van der Waals surface area (Å²) in [5.74, 6) is -0.674. The molecule has 0 spiro atoms. The lowest BCUT2D eigenvalue weighted by Crippen LogP contribution is -2.31. The molecule has 0 aliphatic carbocycles. The number of ether oxygens (including phenoxy) is 2. The monoisotopic (exact) mass is 175 g/mol. The fourth-order valence-electron chi connectivity index (χ4n) is 1.28. The van der Waals surface area contributed by atoms with Gasteiger partial charge in [0.2, 0.25) is 6.54 Å². The molecule has 0 bridgehead atoms. The largest absolute Gasteiger partial charge is 0.347 e. The van der Waals surface area contributed by atoms with Gasteiger partial charge in [0, 0.05) is 4.92 Å². The highest BCUT2D eigenvalue weighted by Gasteiger charge is 2.35. The molecule has 70 valence electrons. The van der Waals surface area contributed by atoms with Crippen LogP contribution in [-0.4, -0.2) is 30.5 Å². The average molecular weight is 175 g/mol. The Morgan fingerprint density at radius 1 is 1.50 bits per heavy atom. The summed E-state index contributed by atoms with van der Waals surface area (Å²) in [5, 5.41) is 10.1. The topological polar surface area (TPSA) is 61.6 Å². The third-order valence-corrected chi connectivity index (χ3v) is 2.03. The van der Waals surface area contributed by atoms with Gasteiger partial charge in [-0.3, -0.25) is 10.1 Å². The van der Waals surface area contributed by atoms with E-state index in [-0.39, 0.29) is 11.5 Å². The number of nitro groups is 1. The molecule has 1 heterocycles. The zero-order chi connectivity index (χ0) is 9.03. The minimum atomic E-state index is -0.674. The molecule has 0 aromatic heterocycles. The fraction of sp³-hybridized carbons (Fsp3) is 1.00. The molecule has 1 aliphatic heterocycles. The maximum absolute atomic E-state index is 10.1. The molecular formula is C7H13NO4. The van der Waals surface area contributed by atoms with Crippen molar-refractivity contribution in [2.45, 2.75) is 25.6 Å². The summed E-state index contributed by atoms with van der Waals surface area (Å²) in [4.78, 5) is 9.76. The van der Waals surface area contributed by atoms with Gasteiger partial charge in [0.1, 0.15) is 0 Å². The first-order chi connectivity index (χ1) is 5.68. The third-order valence-electron chi connectivity index (χ3n) is 2.03. The van der Waals surface area contributed by atoms with Crippen LogP contribution in [0.2, 0.25) is 0 Å². The van der Waals surface area contributed by atoms with Gasteiger partial charge in [-0.15, -0.1) is 0 Å². The maximum atomic E-state index is 10.1. The van der Waals surface area contributed by atoms with Crippen LogP contribution < -0.4 is 0 Å². The lowest BCUT2D eigenvalue weighted by Gasteiger charge is -2.23. The van der Waals surface area contributed by atoms with Crippen molar-refractivity contribution in [1.82, 2.24) is 0 Å². The highest BCUT2D eigenvalue weighted by molar-refractivity contribution is 4.71. The predicted octanol–water partition coefficient (Wildman–Crippen LogP) is 0.806. The molecule has 5 nitrogen and oxygen atoms in total. The van der Waals surface area contributed by atoms with Gasteiger partial charge in [0.25, 0.3) is 0 Å². The van der Waals surface area contributed by atoms with E-state index in [9.17, 15) is 10.1 Å². The molecule has 1 aliphatic rings. The van der Waals surface area contributed by atoms with E-state index in [4.69, 9.17) is 9.47 Å². The van der Waals surface area contributed by atoms with Crippen molar-refractivity contribution < 1.29 is 14.4 Å². The first-order valence-electron chi connectivity index (χ1n) is 4.08. The number of hydrogen-bond acceptors (Lipinski definition) is 4. The van der Waals surface area contributed by atoms with Gasteiger partial charge in [-0.05, 0) is 6.42 Å². The average Bonchev–Trinajstić information content (AvgIpc) is 2.50. The van der Waals surface area contributed by atoms with E-state index < -0.39 is 5.79 Å². The first kappa shape index (κ1) is 9.41. The molecule has 1 saturated heterocycles. The van der Waals surface area contributed by atoms with E-state index in [1.165, 1.54) is 0 Å². The number of rotatable bonds is 4. The number of nitrogens with zero attached hydrogens (tertiary/aromatic N) is 1. The van der Waals surface area contributed by atoms with E-state index >= 15 is 0 Å². The summed E-state index contributed by atoms with van der Waals surface area (Å²) in [6, 6.07) is 0. The van der Waals surface area contributed by atoms with Crippen LogP contribution >= 0.6 is 0 Å². The molecule has 0 radical (unpaired) electrons. The minimum absolute atomic E-state index is 0.0894. The van der Waals surface area contributed by atoms with Crippen LogP contribution in [0, 0.1) is 10.1 Å². The van der Waals surface area contributed by atoms with Gasteiger partial charge in [-0.1, -0.05) is 6.92 Å². The SMILES string of the molecule is CCC1(CC[N+](=O)[O-])OCCO1. The van der Waals surface area contributed by atoms with Gasteiger partial charge >= 0.3 is 0 Å². The van der Waals surface area contributed by atoms with Crippen LogP contribution in [0.3, 0.4) is 0 Å². The summed E-state index contributed by atoms with van der Waals surface area (Å²) in [6.45, 7) is 2.91.